The Balaban J connectivity index is 1.95. The topological polar surface area (TPSA) is 212 Å². The molecule has 1 fully saturated rings. The third-order valence-corrected chi connectivity index (χ3v) is 11.1. The van der Waals surface area contributed by atoms with Crippen LogP contribution in [-0.4, -0.2) is 86.2 Å². The van der Waals surface area contributed by atoms with Crippen LogP contribution in [0.25, 0.3) is 0 Å². The summed E-state index contributed by atoms with van der Waals surface area (Å²) in [5, 5.41) is -1.29. The molecular formula is C24H30N4O9S4. The van der Waals surface area contributed by atoms with Gasteiger partial charge in [-0.2, -0.15) is 40.4 Å². The number of Topliss-reactive ketones (excluding diaryl/α,β-unsaturated/α-hetero) is 3. The minimum Gasteiger partial charge on any atom is -0.299 e. The van der Waals surface area contributed by atoms with Gasteiger partial charge in [0.2, 0.25) is 0 Å². The number of rotatable bonds is 14. The SMILES string of the molecule is CC(=O)c1cnc(C(SCCS(=O)(=O)O)C2CCCC(C(SCCS(=O)(=O)O)c3cnc(C(C)=O)cn3)C2=O)cn1. The Kier molecular flexibility index (Phi) is 11.5. The molecule has 1 aliphatic carbocycles. The first-order chi connectivity index (χ1) is 19.2. The molecule has 0 bridgehead atoms. The number of thioether (sulfide) groups is 2. The lowest BCUT2D eigenvalue weighted by Crippen LogP contribution is -2.35. The maximum Gasteiger partial charge on any atom is 0.265 e. The summed E-state index contributed by atoms with van der Waals surface area (Å²) in [7, 11) is -8.51. The van der Waals surface area contributed by atoms with Crippen LogP contribution in [0, 0.1) is 11.8 Å². The van der Waals surface area contributed by atoms with Crippen molar-refractivity contribution in [3.63, 3.8) is 0 Å². The van der Waals surface area contributed by atoms with Crippen molar-refractivity contribution in [2.45, 2.75) is 43.6 Å². The average molecular weight is 647 g/mol. The van der Waals surface area contributed by atoms with Gasteiger partial charge in [-0.15, -0.1) is 0 Å². The number of carbonyl (C=O) groups is 3. The van der Waals surface area contributed by atoms with Gasteiger partial charge in [0, 0.05) is 37.2 Å². The number of hydrogen-bond donors (Lipinski definition) is 2. The summed E-state index contributed by atoms with van der Waals surface area (Å²) in [4.78, 5) is 54.3. The van der Waals surface area contributed by atoms with Gasteiger partial charge < -0.3 is 0 Å². The Hall–Kier alpha value is -2.31. The zero-order valence-corrected chi connectivity index (χ0v) is 25.5. The highest BCUT2D eigenvalue weighted by molar-refractivity contribution is 8.00. The fraction of sp³-hybridized carbons (Fsp3) is 0.542. The third-order valence-electron chi connectivity index (χ3n) is 6.42. The largest absolute Gasteiger partial charge is 0.299 e. The van der Waals surface area contributed by atoms with E-state index >= 15 is 0 Å². The van der Waals surface area contributed by atoms with E-state index in [-0.39, 0.29) is 40.2 Å². The Labute approximate surface area is 246 Å². The van der Waals surface area contributed by atoms with Crippen LogP contribution in [0.2, 0.25) is 0 Å². The predicted octanol–water partition coefficient (Wildman–Crippen LogP) is 2.68. The summed E-state index contributed by atoms with van der Waals surface area (Å²) >= 11 is 2.26. The second-order valence-corrected chi connectivity index (χ2v) is 15.1. The van der Waals surface area contributed by atoms with Crippen molar-refractivity contribution in [1.29, 1.82) is 0 Å². The maximum atomic E-state index is 14.1. The second kappa shape index (κ2) is 14.2. The number of aromatic nitrogens is 4. The monoisotopic (exact) mass is 646 g/mol. The normalized spacial score (nSPS) is 19.5. The van der Waals surface area contributed by atoms with Crippen molar-refractivity contribution < 1.29 is 40.3 Å². The van der Waals surface area contributed by atoms with E-state index in [1.165, 1.54) is 38.6 Å². The van der Waals surface area contributed by atoms with Gasteiger partial charge in [-0.05, 0) is 12.8 Å². The van der Waals surface area contributed by atoms with Gasteiger partial charge >= 0.3 is 0 Å². The summed E-state index contributed by atoms with van der Waals surface area (Å²) in [5.41, 5.74) is 1.00. The van der Waals surface area contributed by atoms with Gasteiger partial charge in [0.15, 0.2) is 11.6 Å². The summed E-state index contributed by atoms with van der Waals surface area (Å²) in [6.45, 7) is 2.67. The van der Waals surface area contributed by atoms with Crippen LogP contribution in [0.15, 0.2) is 24.8 Å². The summed E-state index contributed by atoms with van der Waals surface area (Å²) in [5.74, 6) is -3.20. The van der Waals surface area contributed by atoms with Crippen molar-refractivity contribution >= 4 is 61.1 Å². The molecule has 3 rings (SSSR count). The van der Waals surface area contributed by atoms with Crippen LogP contribution in [0.4, 0.5) is 0 Å². The lowest BCUT2D eigenvalue weighted by molar-refractivity contribution is -0.129. The molecule has 2 heterocycles. The maximum absolute atomic E-state index is 14.1. The first kappa shape index (κ1) is 33.2. The van der Waals surface area contributed by atoms with E-state index in [1.807, 2.05) is 0 Å². The summed E-state index contributed by atoms with van der Waals surface area (Å²) < 4.78 is 63.9. The quantitative estimate of drug-likeness (QED) is 0.223. The molecule has 0 spiro atoms. The Bertz CT molecular complexity index is 1360. The van der Waals surface area contributed by atoms with Gasteiger partial charge in [-0.1, -0.05) is 6.42 Å². The van der Waals surface area contributed by atoms with E-state index in [0.29, 0.717) is 30.7 Å². The smallest absolute Gasteiger partial charge is 0.265 e. The summed E-state index contributed by atoms with van der Waals surface area (Å²) in [6, 6.07) is 0. The molecule has 2 aromatic rings. The average Bonchev–Trinajstić information content (AvgIpc) is 2.89. The highest BCUT2D eigenvalue weighted by atomic mass is 32.2. The number of ketones is 3. The van der Waals surface area contributed by atoms with Gasteiger partial charge in [0.25, 0.3) is 20.2 Å². The van der Waals surface area contributed by atoms with Crippen LogP contribution in [-0.2, 0) is 25.0 Å². The molecule has 0 amide bonds. The third kappa shape index (κ3) is 9.89. The number of nitrogens with zero attached hydrogens (tertiary/aromatic N) is 4. The Morgan fingerprint density at radius 1 is 0.780 bits per heavy atom. The van der Waals surface area contributed by atoms with E-state index in [1.54, 1.807) is 0 Å². The molecule has 4 atom stereocenters. The number of hydrogen-bond acceptors (Lipinski definition) is 13. The van der Waals surface area contributed by atoms with Crippen LogP contribution in [0.5, 0.6) is 0 Å². The minimum atomic E-state index is -4.26. The van der Waals surface area contributed by atoms with E-state index in [2.05, 4.69) is 19.9 Å². The molecule has 17 heteroatoms. The molecular weight excluding hydrogens is 617 g/mol. The Morgan fingerprint density at radius 2 is 1.17 bits per heavy atom. The predicted molar refractivity (Wildman–Crippen MR) is 153 cm³/mol. The molecule has 13 nitrogen and oxygen atoms in total. The first-order valence-corrected chi connectivity index (χ1v) is 17.8. The molecule has 0 aromatic carbocycles. The standard InChI is InChI=1S/C24H30N4O9S4/c1-14(29)18-10-27-20(12-25-18)23(38-6-8-40(32,33)34)16-4-3-5-17(22(16)31)24(39-7-9-41(35,36)37)21-13-26-19(11-28-21)15(2)30/h10-13,16-17,23-24H,3-9H2,1-2H3,(H,32,33,34)(H,35,36,37). The first-order valence-electron chi connectivity index (χ1n) is 12.5. The molecule has 2 aromatic heterocycles. The van der Waals surface area contributed by atoms with Crippen LogP contribution in [0.3, 0.4) is 0 Å². The van der Waals surface area contributed by atoms with E-state index < -0.39 is 54.1 Å². The van der Waals surface area contributed by atoms with Crippen molar-refractivity contribution in [3.05, 3.63) is 47.6 Å². The zero-order valence-electron chi connectivity index (χ0n) is 22.2. The Morgan fingerprint density at radius 3 is 1.46 bits per heavy atom. The highest BCUT2D eigenvalue weighted by Gasteiger charge is 2.42. The number of carbonyl (C=O) groups excluding carboxylic acids is 3. The molecule has 41 heavy (non-hydrogen) atoms. The highest BCUT2D eigenvalue weighted by Crippen LogP contribution is 2.48. The van der Waals surface area contributed by atoms with E-state index in [4.69, 9.17) is 0 Å². The molecule has 1 aliphatic rings. The van der Waals surface area contributed by atoms with Crippen molar-refractivity contribution in [3.8, 4) is 0 Å². The molecule has 0 saturated heterocycles. The van der Waals surface area contributed by atoms with Crippen molar-refractivity contribution in [2.24, 2.45) is 11.8 Å². The van der Waals surface area contributed by atoms with Crippen LogP contribution < -0.4 is 0 Å². The lowest BCUT2D eigenvalue weighted by Gasteiger charge is -2.36. The van der Waals surface area contributed by atoms with Gasteiger partial charge in [0.1, 0.15) is 17.2 Å². The van der Waals surface area contributed by atoms with Crippen LogP contribution >= 0.6 is 23.5 Å². The molecule has 1 saturated carbocycles. The van der Waals surface area contributed by atoms with Gasteiger partial charge in [0.05, 0.1) is 58.2 Å². The molecule has 4 unspecified atom stereocenters. The van der Waals surface area contributed by atoms with Gasteiger partial charge in [-0.3, -0.25) is 33.5 Å². The fourth-order valence-corrected chi connectivity index (χ4v) is 8.98. The fourth-order valence-electron chi connectivity index (χ4n) is 4.43. The minimum absolute atomic E-state index is 0.0292. The molecule has 0 radical (unpaired) electrons. The van der Waals surface area contributed by atoms with Gasteiger partial charge in [-0.25, -0.2) is 9.97 Å². The van der Waals surface area contributed by atoms with Crippen LogP contribution in [0.1, 0.15) is 76.0 Å². The second-order valence-electron chi connectivity index (χ2n) is 9.47. The lowest BCUT2D eigenvalue weighted by atomic mass is 9.76. The summed E-state index contributed by atoms with van der Waals surface area (Å²) in [6.07, 6.45) is 6.84. The molecule has 2 N–H and O–H groups in total. The van der Waals surface area contributed by atoms with E-state index in [0.717, 1.165) is 23.5 Å². The molecule has 0 aliphatic heterocycles. The molecule has 224 valence electrons. The van der Waals surface area contributed by atoms with E-state index in [9.17, 15) is 40.3 Å². The van der Waals surface area contributed by atoms with Crippen molar-refractivity contribution in [2.75, 3.05) is 23.0 Å². The van der Waals surface area contributed by atoms with Crippen molar-refractivity contribution in [1.82, 2.24) is 19.9 Å². The zero-order chi connectivity index (χ0) is 30.4.